The molecule has 0 saturated carbocycles. The van der Waals surface area contributed by atoms with E-state index in [-0.39, 0.29) is 35.2 Å². The molecule has 1 spiro atoms. The van der Waals surface area contributed by atoms with Crippen LogP contribution in [-0.2, 0) is 39.3 Å². The van der Waals surface area contributed by atoms with E-state index in [9.17, 15) is 26.4 Å². The van der Waals surface area contributed by atoms with Crippen molar-refractivity contribution in [3.05, 3.63) is 67.3 Å². The molecule has 7 nitrogen and oxygen atoms in total. The highest BCUT2D eigenvalue weighted by Gasteiger charge is 2.45. The summed E-state index contributed by atoms with van der Waals surface area (Å²) in [7, 11) is -3.28. The fourth-order valence-corrected chi connectivity index (χ4v) is 8.58. The monoisotopic (exact) mass is 627 g/mol. The maximum atomic E-state index is 13.1. The Hall–Kier alpha value is -2.32. The molecule has 1 fully saturated rings. The topological polar surface area (TPSA) is 88.6 Å². The summed E-state index contributed by atoms with van der Waals surface area (Å²) in [5.74, 6) is -0.170. The van der Waals surface area contributed by atoms with Crippen LogP contribution in [0.15, 0.2) is 41.4 Å². The maximum Gasteiger partial charge on any atom is 0.443 e. The van der Waals surface area contributed by atoms with Crippen molar-refractivity contribution >= 4 is 38.4 Å². The van der Waals surface area contributed by atoms with Crippen LogP contribution in [0.2, 0.25) is 0 Å². The molecule has 1 amide bonds. The Bertz CT molecular complexity index is 1510. The molecule has 2 aliphatic rings. The smallest absolute Gasteiger partial charge is 0.366 e. The molecule has 1 saturated heterocycles. The number of ether oxygens (including phenoxy) is 1. The summed E-state index contributed by atoms with van der Waals surface area (Å²) in [5.41, 5.74) is 1.37. The summed E-state index contributed by atoms with van der Waals surface area (Å²) >= 11 is 2.13. The highest BCUT2D eigenvalue weighted by molar-refractivity contribution is 7.91. The summed E-state index contributed by atoms with van der Waals surface area (Å²) in [6.45, 7) is 7.10. The van der Waals surface area contributed by atoms with E-state index < -0.39 is 26.6 Å². The van der Waals surface area contributed by atoms with Crippen LogP contribution >= 0.6 is 22.7 Å². The molecule has 2 aliphatic heterocycles. The zero-order chi connectivity index (χ0) is 29.6. The second kappa shape index (κ2) is 11.4. The number of sulfone groups is 1. The normalized spacial score (nSPS) is 20.1. The Labute approximate surface area is 245 Å². The molecule has 3 aromatic rings. The van der Waals surface area contributed by atoms with Crippen molar-refractivity contribution in [3.63, 3.8) is 0 Å². The fourth-order valence-electron chi connectivity index (χ4n) is 5.53. The highest BCUT2D eigenvalue weighted by Crippen LogP contribution is 2.48. The van der Waals surface area contributed by atoms with Gasteiger partial charge in [-0.05, 0) is 62.4 Å². The predicted molar refractivity (Wildman–Crippen MR) is 152 cm³/mol. The van der Waals surface area contributed by atoms with Crippen LogP contribution in [0.1, 0.15) is 75.2 Å². The lowest BCUT2D eigenvalue weighted by Crippen LogP contribution is -2.48. The van der Waals surface area contributed by atoms with Gasteiger partial charge in [-0.2, -0.15) is 13.2 Å². The molecule has 0 aliphatic carbocycles. The first-order chi connectivity index (χ1) is 19.3. The SMILES string of the molecule is CCS(=O)(=O)c1ccc(CNC(=O)c2cc3c(s2)C2(CCN(C(C)c4cnc(C(F)(F)F)s4)CC2)O[C@H](C)C3)cc1. The first-order valence-electron chi connectivity index (χ1n) is 13.5. The van der Waals surface area contributed by atoms with E-state index in [0.717, 1.165) is 16.0 Å². The minimum absolute atomic E-state index is 0.0225. The number of thiazole rings is 1. The van der Waals surface area contributed by atoms with E-state index in [1.54, 1.807) is 31.2 Å². The Kier molecular flexibility index (Phi) is 8.38. The van der Waals surface area contributed by atoms with Gasteiger partial charge in [-0.25, -0.2) is 13.4 Å². The number of thiophene rings is 1. The molecule has 2 aromatic heterocycles. The van der Waals surface area contributed by atoms with Crippen molar-refractivity contribution < 1.29 is 31.1 Å². The number of rotatable bonds is 7. The molecule has 41 heavy (non-hydrogen) atoms. The quantitative estimate of drug-likeness (QED) is 0.348. The number of carbonyl (C=O) groups excluding carboxylic acids is 1. The van der Waals surface area contributed by atoms with Gasteiger partial charge in [0.05, 0.1) is 21.6 Å². The van der Waals surface area contributed by atoms with Crippen molar-refractivity contribution in [1.29, 1.82) is 0 Å². The van der Waals surface area contributed by atoms with Gasteiger partial charge in [0.25, 0.3) is 5.91 Å². The van der Waals surface area contributed by atoms with Crippen LogP contribution in [0, 0.1) is 0 Å². The third-order valence-corrected chi connectivity index (χ3v) is 12.2. The van der Waals surface area contributed by atoms with Crippen LogP contribution < -0.4 is 5.32 Å². The van der Waals surface area contributed by atoms with Crippen LogP contribution in [0.25, 0.3) is 0 Å². The van der Waals surface area contributed by atoms with Gasteiger partial charge in [0.2, 0.25) is 0 Å². The number of fused-ring (bicyclic) bond motifs is 2. The summed E-state index contributed by atoms with van der Waals surface area (Å²) in [6, 6.07) is 8.28. The zero-order valence-corrected chi connectivity index (χ0v) is 25.4. The maximum absolute atomic E-state index is 13.1. The average Bonchev–Trinajstić information content (AvgIpc) is 3.61. The minimum Gasteiger partial charge on any atom is -0.366 e. The van der Waals surface area contributed by atoms with E-state index in [2.05, 4.69) is 15.2 Å². The number of likely N-dealkylation sites (tertiary alicyclic amines) is 1. The number of nitrogens with zero attached hydrogens (tertiary/aromatic N) is 2. The third kappa shape index (κ3) is 6.24. The van der Waals surface area contributed by atoms with Crippen molar-refractivity contribution in [1.82, 2.24) is 15.2 Å². The lowest BCUT2D eigenvalue weighted by molar-refractivity contribution is -0.137. The lowest BCUT2D eigenvalue weighted by Gasteiger charge is -2.46. The van der Waals surface area contributed by atoms with Gasteiger partial charge in [0.15, 0.2) is 14.8 Å². The molecule has 0 bridgehead atoms. The second-order valence-electron chi connectivity index (χ2n) is 10.6. The van der Waals surface area contributed by atoms with Gasteiger partial charge in [0.1, 0.15) is 5.60 Å². The number of piperidine rings is 1. The molecular formula is C28H32F3N3O4S3. The van der Waals surface area contributed by atoms with E-state index >= 15 is 0 Å². The predicted octanol–water partition coefficient (Wildman–Crippen LogP) is 5.96. The van der Waals surface area contributed by atoms with Gasteiger partial charge < -0.3 is 10.1 Å². The fraction of sp³-hybridized carbons (Fsp3) is 0.500. The zero-order valence-electron chi connectivity index (χ0n) is 23.0. The Morgan fingerprint density at radius 1 is 1.22 bits per heavy atom. The molecule has 1 unspecified atom stereocenters. The molecule has 2 atom stereocenters. The van der Waals surface area contributed by atoms with Crippen LogP contribution in [0.4, 0.5) is 13.2 Å². The van der Waals surface area contributed by atoms with E-state index in [4.69, 9.17) is 4.74 Å². The van der Waals surface area contributed by atoms with Gasteiger partial charge in [0, 0.05) is 41.6 Å². The number of halogens is 3. The van der Waals surface area contributed by atoms with Crippen LogP contribution in [0.3, 0.4) is 0 Å². The van der Waals surface area contributed by atoms with Crippen LogP contribution in [0.5, 0.6) is 0 Å². The largest absolute Gasteiger partial charge is 0.443 e. The molecule has 0 radical (unpaired) electrons. The first-order valence-corrected chi connectivity index (χ1v) is 16.8. The molecule has 4 heterocycles. The molecule has 5 rings (SSSR count). The third-order valence-electron chi connectivity index (χ3n) is 7.83. The van der Waals surface area contributed by atoms with Gasteiger partial charge in [-0.15, -0.1) is 22.7 Å². The molecule has 13 heteroatoms. The van der Waals surface area contributed by atoms with E-state index in [0.29, 0.717) is 53.4 Å². The van der Waals surface area contributed by atoms with E-state index in [1.165, 1.54) is 17.5 Å². The Morgan fingerprint density at radius 2 is 1.90 bits per heavy atom. The summed E-state index contributed by atoms with van der Waals surface area (Å²) in [6.07, 6.45) is -1.09. The lowest BCUT2D eigenvalue weighted by atomic mass is 9.83. The van der Waals surface area contributed by atoms with Crippen LogP contribution in [-0.4, -0.2) is 49.2 Å². The Balaban J connectivity index is 1.26. The molecule has 1 N–H and O–H groups in total. The van der Waals surface area contributed by atoms with Crippen molar-refractivity contribution in [2.24, 2.45) is 0 Å². The molecule has 1 aromatic carbocycles. The number of benzene rings is 1. The molecule has 222 valence electrons. The number of aromatic nitrogens is 1. The number of hydrogen-bond donors (Lipinski definition) is 1. The number of hydrogen-bond acceptors (Lipinski definition) is 8. The second-order valence-corrected chi connectivity index (χ2v) is 15.0. The number of alkyl halides is 3. The Morgan fingerprint density at radius 3 is 2.51 bits per heavy atom. The number of amides is 1. The van der Waals surface area contributed by atoms with Gasteiger partial charge in [-0.3, -0.25) is 9.69 Å². The van der Waals surface area contributed by atoms with Crippen molar-refractivity contribution in [3.8, 4) is 0 Å². The summed E-state index contributed by atoms with van der Waals surface area (Å²) in [5, 5.41) is 2.11. The summed E-state index contributed by atoms with van der Waals surface area (Å²) < 4.78 is 69.8. The minimum atomic E-state index is -4.44. The average molecular weight is 628 g/mol. The highest BCUT2D eigenvalue weighted by atomic mass is 32.2. The summed E-state index contributed by atoms with van der Waals surface area (Å²) in [4.78, 5) is 21.3. The van der Waals surface area contributed by atoms with Crippen molar-refractivity contribution in [2.45, 2.75) is 75.4 Å². The number of carbonyl (C=O) groups is 1. The standard InChI is InChI=1S/C28H32F3N3O4S3/c1-4-41(36,37)21-7-5-19(6-8-21)15-32-25(35)22-14-20-13-17(2)38-27(24(20)39-22)9-11-34(12-10-27)18(3)23-16-33-26(40-23)28(29,30)31/h5-8,14,16-18H,4,9-13,15H2,1-3H3,(H,32,35)/t17-,18?/m1/s1. The number of nitrogens with one attached hydrogen (secondary N) is 1. The van der Waals surface area contributed by atoms with E-state index in [1.807, 2.05) is 19.9 Å². The molecular weight excluding hydrogens is 596 g/mol. The van der Waals surface area contributed by atoms with Crippen molar-refractivity contribution in [2.75, 3.05) is 18.8 Å². The van der Waals surface area contributed by atoms with Gasteiger partial charge >= 0.3 is 6.18 Å². The van der Waals surface area contributed by atoms with Gasteiger partial charge in [-0.1, -0.05) is 19.1 Å². The first kappa shape index (κ1) is 30.1.